The second kappa shape index (κ2) is 3.89. The van der Waals surface area contributed by atoms with E-state index in [1.165, 1.54) is 6.42 Å². The molecule has 19 heavy (non-hydrogen) atoms. The van der Waals surface area contributed by atoms with Crippen LogP contribution in [-0.4, -0.2) is 15.8 Å². The Bertz CT molecular complexity index is 544. The highest BCUT2D eigenvalue weighted by atomic mass is 16.5. The summed E-state index contributed by atoms with van der Waals surface area (Å²) in [4.78, 5) is 0. The first-order chi connectivity index (χ1) is 8.89. The van der Waals surface area contributed by atoms with Crippen molar-refractivity contribution in [1.29, 1.82) is 0 Å². The summed E-state index contributed by atoms with van der Waals surface area (Å²) in [5.74, 6) is 1.17. The second-order valence-corrected chi connectivity index (χ2v) is 6.22. The summed E-state index contributed by atoms with van der Waals surface area (Å²) in [6.45, 7) is 7.78. The molecule has 3 heteroatoms. The van der Waals surface area contributed by atoms with Gasteiger partial charge in [0.25, 0.3) is 0 Å². The third-order valence-electron chi connectivity index (χ3n) is 5.37. The van der Waals surface area contributed by atoms with Crippen LogP contribution in [0.1, 0.15) is 54.5 Å². The van der Waals surface area contributed by atoms with Crippen molar-refractivity contribution in [3.8, 4) is 11.5 Å². The Morgan fingerprint density at radius 2 is 1.74 bits per heavy atom. The molecule has 1 saturated carbocycles. The number of aliphatic hydroxyl groups is 1. The van der Waals surface area contributed by atoms with Crippen molar-refractivity contribution in [2.24, 2.45) is 5.92 Å². The van der Waals surface area contributed by atoms with Crippen molar-refractivity contribution < 1.29 is 14.9 Å². The fourth-order valence-electron chi connectivity index (χ4n) is 3.53. The highest BCUT2D eigenvalue weighted by Crippen LogP contribution is 2.55. The van der Waals surface area contributed by atoms with Crippen molar-refractivity contribution in [2.45, 2.75) is 58.7 Å². The van der Waals surface area contributed by atoms with Crippen molar-refractivity contribution in [3.05, 3.63) is 22.3 Å². The number of benzene rings is 1. The molecule has 1 spiro atoms. The number of hydrogen-bond donors (Lipinski definition) is 2. The third-order valence-corrected chi connectivity index (χ3v) is 5.37. The van der Waals surface area contributed by atoms with E-state index in [4.69, 9.17) is 4.74 Å². The molecular weight excluding hydrogens is 240 g/mol. The Labute approximate surface area is 114 Å². The summed E-state index contributed by atoms with van der Waals surface area (Å²) in [5.41, 5.74) is 3.16. The van der Waals surface area contributed by atoms with Gasteiger partial charge in [0.15, 0.2) is 0 Å². The zero-order valence-electron chi connectivity index (χ0n) is 12.1. The molecule has 1 aliphatic carbocycles. The van der Waals surface area contributed by atoms with Gasteiger partial charge in [-0.3, -0.25) is 0 Å². The molecule has 104 valence electrons. The average molecular weight is 262 g/mol. The predicted octanol–water partition coefficient (Wildman–Crippen LogP) is 3.30. The Kier molecular flexibility index (Phi) is 2.62. The van der Waals surface area contributed by atoms with E-state index in [0.717, 1.165) is 40.8 Å². The first kappa shape index (κ1) is 12.8. The highest BCUT2D eigenvalue weighted by molar-refractivity contribution is 5.59. The van der Waals surface area contributed by atoms with Crippen molar-refractivity contribution in [2.75, 3.05) is 0 Å². The fourth-order valence-corrected chi connectivity index (χ4v) is 3.53. The minimum absolute atomic E-state index is 0.0777. The molecule has 2 atom stereocenters. The molecule has 2 N–H and O–H groups in total. The maximum absolute atomic E-state index is 10.7. The van der Waals surface area contributed by atoms with Crippen LogP contribution in [0.25, 0.3) is 0 Å². The quantitative estimate of drug-likeness (QED) is 0.754. The van der Waals surface area contributed by atoms with Crippen LogP contribution < -0.4 is 4.74 Å². The van der Waals surface area contributed by atoms with E-state index in [1.807, 2.05) is 20.8 Å². The SMILES string of the molecule is Cc1c(C)c2c(c(C)c1O)C(O)C(C)C1(CCC1)O2. The van der Waals surface area contributed by atoms with E-state index < -0.39 is 6.10 Å². The van der Waals surface area contributed by atoms with E-state index in [1.54, 1.807) is 0 Å². The van der Waals surface area contributed by atoms with Crippen LogP contribution in [0.3, 0.4) is 0 Å². The maximum atomic E-state index is 10.7. The van der Waals surface area contributed by atoms with E-state index >= 15 is 0 Å². The highest BCUT2D eigenvalue weighted by Gasteiger charge is 2.52. The largest absolute Gasteiger partial charge is 0.507 e. The van der Waals surface area contributed by atoms with Crippen LogP contribution in [0, 0.1) is 26.7 Å². The van der Waals surface area contributed by atoms with E-state index in [9.17, 15) is 10.2 Å². The molecule has 1 aliphatic heterocycles. The normalized spacial score (nSPS) is 27.6. The van der Waals surface area contributed by atoms with Crippen LogP contribution in [0.15, 0.2) is 0 Å². The van der Waals surface area contributed by atoms with E-state index in [-0.39, 0.29) is 17.3 Å². The lowest BCUT2D eigenvalue weighted by molar-refractivity contribution is -0.115. The molecule has 1 heterocycles. The zero-order chi connectivity index (χ0) is 13.9. The maximum Gasteiger partial charge on any atom is 0.129 e. The molecule has 0 bridgehead atoms. The molecule has 3 rings (SSSR count). The number of hydrogen-bond acceptors (Lipinski definition) is 3. The monoisotopic (exact) mass is 262 g/mol. The predicted molar refractivity (Wildman–Crippen MR) is 73.7 cm³/mol. The number of ether oxygens (including phenoxy) is 1. The number of aromatic hydroxyl groups is 1. The van der Waals surface area contributed by atoms with Gasteiger partial charge in [-0.05, 0) is 51.2 Å². The first-order valence-corrected chi connectivity index (χ1v) is 7.09. The van der Waals surface area contributed by atoms with Gasteiger partial charge in [-0.25, -0.2) is 0 Å². The van der Waals surface area contributed by atoms with Gasteiger partial charge in [-0.15, -0.1) is 0 Å². The van der Waals surface area contributed by atoms with Crippen LogP contribution >= 0.6 is 0 Å². The molecule has 0 radical (unpaired) electrons. The second-order valence-electron chi connectivity index (χ2n) is 6.22. The van der Waals surface area contributed by atoms with Gasteiger partial charge in [0.2, 0.25) is 0 Å². The molecule has 1 aromatic carbocycles. The standard InChI is InChI=1S/C16H22O3/c1-8-9(2)15-12(10(3)13(8)17)14(18)11(4)16(19-15)6-5-7-16/h11,14,17-18H,5-7H2,1-4H3. The van der Waals surface area contributed by atoms with Gasteiger partial charge in [0.05, 0.1) is 6.10 Å². The molecule has 0 aromatic heterocycles. The van der Waals surface area contributed by atoms with Gasteiger partial charge < -0.3 is 14.9 Å². The summed E-state index contributed by atoms with van der Waals surface area (Å²) in [6, 6.07) is 0. The molecule has 1 aromatic rings. The summed E-state index contributed by atoms with van der Waals surface area (Å²) >= 11 is 0. The van der Waals surface area contributed by atoms with Crippen molar-refractivity contribution in [1.82, 2.24) is 0 Å². The minimum Gasteiger partial charge on any atom is -0.507 e. The first-order valence-electron chi connectivity index (χ1n) is 7.09. The fraction of sp³-hybridized carbons (Fsp3) is 0.625. The number of rotatable bonds is 0. The average Bonchev–Trinajstić information content (AvgIpc) is 2.35. The lowest BCUT2D eigenvalue weighted by atomic mass is 9.66. The smallest absolute Gasteiger partial charge is 0.129 e. The Balaban J connectivity index is 2.23. The topological polar surface area (TPSA) is 49.7 Å². The number of phenols is 1. The summed E-state index contributed by atoms with van der Waals surface area (Å²) in [6.07, 6.45) is 2.66. The lowest BCUT2D eigenvalue weighted by Gasteiger charge is -2.52. The number of fused-ring (bicyclic) bond motifs is 1. The van der Waals surface area contributed by atoms with Crippen LogP contribution in [0.5, 0.6) is 11.5 Å². The van der Waals surface area contributed by atoms with Crippen LogP contribution in [0.2, 0.25) is 0 Å². The summed E-state index contributed by atoms with van der Waals surface area (Å²) in [5, 5.41) is 20.8. The van der Waals surface area contributed by atoms with Crippen LogP contribution in [0.4, 0.5) is 0 Å². The molecule has 0 amide bonds. The molecule has 2 aliphatic rings. The van der Waals surface area contributed by atoms with Gasteiger partial charge in [0, 0.05) is 17.0 Å². The third kappa shape index (κ3) is 1.48. The van der Waals surface area contributed by atoms with Gasteiger partial charge in [-0.2, -0.15) is 0 Å². The summed E-state index contributed by atoms with van der Waals surface area (Å²) in [7, 11) is 0. The Morgan fingerprint density at radius 1 is 1.11 bits per heavy atom. The zero-order valence-corrected chi connectivity index (χ0v) is 12.1. The summed E-state index contributed by atoms with van der Waals surface area (Å²) < 4.78 is 6.31. The Hall–Kier alpha value is -1.22. The van der Waals surface area contributed by atoms with Crippen molar-refractivity contribution in [3.63, 3.8) is 0 Å². The number of aliphatic hydroxyl groups excluding tert-OH is 1. The molecule has 1 fully saturated rings. The van der Waals surface area contributed by atoms with E-state index in [0.29, 0.717) is 0 Å². The molecule has 2 unspecified atom stereocenters. The van der Waals surface area contributed by atoms with Gasteiger partial charge >= 0.3 is 0 Å². The van der Waals surface area contributed by atoms with Gasteiger partial charge in [-0.1, -0.05) is 6.92 Å². The lowest BCUT2D eigenvalue weighted by Crippen LogP contribution is -2.53. The molecule has 0 saturated heterocycles. The molecular formula is C16H22O3. The molecule has 3 nitrogen and oxygen atoms in total. The van der Waals surface area contributed by atoms with Gasteiger partial charge in [0.1, 0.15) is 17.1 Å². The van der Waals surface area contributed by atoms with Crippen molar-refractivity contribution >= 4 is 0 Å². The Morgan fingerprint density at radius 3 is 2.26 bits per heavy atom. The van der Waals surface area contributed by atoms with Crippen LogP contribution in [-0.2, 0) is 0 Å². The van der Waals surface area contributed by atoms with E-state index in [2.05, 4.69) is 6.92 Å². The minimum atomic E-state index is -0.547. The number of phenolic OH excluding ortho intramolecular Hbond substituents is 1.